The number of aliphatic imine (C=N–C) groups is 2. The van der Waals surface area contributed by atoms with Crippen molar-refractivity contribution in [2.75, 3.05) is 19.6 Å². The van der Waals surface area contributed by atoms with Gasteiger partial charge in [-0.1, -0.05) is 12.1 Å². The largest absolute Gasteiger partial charge is 0.492 e. The van der Waals surface area contributed by atoms with E-state index >= 15 is 0 Å². The van der Waals surface area contributed by atoms with Crippen LogP contribution in [0.4, 0.5) is 8.78 Å². The molecule has 0 spiro atoms. The van der Waals surface area contributed by atoms with Crippen LogP contribution in [-0.2, 0) is 9.53 Å². The third kappa shape index (κ3) is 4.88. The van der Waals surface area contributed by atoms with E-state index in [-0.39, 0.29) is 17.4 Å². The zero-order chi connectivity index (χ0) is 21.8. The van der Waals surface area contributed by atoms with Crippen LogP contribution in [0.3, 0.4) is 0 Å². The first-order chi connectivity index (χ1) is 15.0. The number of ether oxygens (including phenoxy) is 1. The summed E-state index contributed by atoms with van der Waals surface area (Å²) in [5.41, 5.74) is 5.83. The van der Waals surface area contributed by atoms with Crippen molar-refractivity contribution in [3.8, 4) is 0 Å². The number of amides is 1. The maximum atomic E-state index is 14.2. The number of hydrogen-bond acceptors (Lipinski definition) is 6. The Morgan fingerprint density at radius 3 is 2.71 bits per heavy atom. The lowest BCUT2D eigenvalue weighted by Crippen LogP contribution is -2.51. The molecule has 164 valence electrons. The van der Waals surface area contributed by atoms with Gasteiger partial charge >= 0.3 is 0 Å². The summed E-state index contributed by atoms with van der Waals surface area (Å²) in [6, 6.07) is 1.38. The molecule has 1 fully saturated rings. The molecule has 1 amide bonds. The number of nitrogens with zero attached hydrogens (tertiary/aromatic N) is 2. The van der Waals surface area contributed by atoms with Crippen LogP contribution in [0.2, 0.25) is 0 Å². The fourth-order valence-electron chi connectivity index (χ4n) is 3.81. The number of rotatable bonds is 5. The molecule has 0 bridgehead atoms. The maximum Gasteiger partial charge on any atom is 0.247 e. The van der Waals surface area contributed by atoms with E-state index in [4.69, 9.17) is 10.5 Å². The van der Waals surface area contributed by atoms with E-state index in [0.29, 0.717) is 12.3 Å². The molecule has 0 aromatic heterocycles. The van der Waals surface area contributed by atoms with Gasteiger partial charge in [-0.25, -0.2) is 8.78 Å². The summed E-state index contributed by atoms with van der Waals surface area (Å²) in [6.45, 7) is 2.10. The molecular formula is C22H25F2N5O2. The molecule has 3 unspecified atom stereocenters. The molecular weight excluding hydrogens is 404 g/mol. The lowest BCUT2D eigenvalue weighted by molar-refractivity contribution is -0.123. The first-order valence-electron chi connectivity index (χ1n) is 10.4. The molecule has 3 heterocycles. The first-order valence-corrected chi connectivity index (χ1v) is 10.4. The maximum absolute atomic E-state index is 14.2. The minimum atomic E-state index is -1.02. The van der Waals surface area contributed by atoms with Crippen molar-refractivity contribution in [1.82, 2.24) is 10.6 Å². The number of nitrogens with one attached hydrogen (secondary N) is 2. The Morgan fingerprint density at radius 2 is 1.97 bits per heavy atom. The molecule has 0 saturated carbocycles. The molecule has 1 aromatic rings. The van der Waals surface area contributed by atoms with E-state index in [1.807, 2.05) is 0 Å². The van der Waals surface area contributed by atoms with Crippen LogP contribution >= 0.6 is 0 Å². The third-order valence-corrected chi connectivity index (χ3v) is 5.49. The summed E-state index contributed by atoms with van der Waals surface area (Å²) in [7, 11) is 0. The summed E-state index contributed by atoms with van der Waals surface area (Å²) < 4.78 is 34.5. The second-order valence-electron chi connectivity index (χ2n) is 7.70. The van der Waals surface area contributed by atoms with Gasteiger partial charge in [-0.2, -0.15) is 0 Å². The van der Waals surface area contributed by atoms with Gasteiger partial charge in [0.15, 0.2) is 0 Å². The van der Waals surface area contributed by atoms with Crippen LogP contribution < -0.4 is 16.4 Å². The molecule has 1 aromatic carbocycles. The van der Waals surface area contributed by atoms with Crippen molar-refractivity contribution in [3.05, 3.63) is 59.4 Å². The number of benzene rings is 1. The van der Waals surface area contributed by atoms with Crippen molar-refractivity contribution in [1.29, 1.82) is 0 Å². The fourth-order valence-corrected chi connectivity index (χ4v) is 3.81. The Balaban J connectivity index is 1.49. The van der Waals surface area contributed by atoms with Crippen molar-refractivity contribution in [2.45, 2.75) is 37.1 Å². The highest BCUT2D eigenvalue weighted by molar-refractivity contribution is 6.11. The molecule has 7 nitrogen and oxygen atoms in total. The average Bonchev–Trinajstić information content (AvgIpc) is 2.77. The topological polar surface area (TPSA) is 101 Å². The molecule has 31 heavy (non-hydrogen) atoms. The monoisotopic (exact) mass is 429 g/mol. The number of piperidine rings is 1. The summed E-state index contributed by atoms with van der Waals surface area (Å²) in [5, 5.41) is 6.17. The number of allylic oxidation sites excluding steroid dienone is 2. The Hall–Kier alpha value is -2.91. The van der Waals surface area contributed by atoms with E-state index in [1.165, 1.54) is 18.2 Å². The lowest BCUT2D eigenvalue weighted by atomic mass is 9.99. The molecule has 0 aliphatic carbocycles. The number of carbonyl (C=O) groups is 1. The zero-order valence-electron chi connectivity index (χ0n) is 16.9. The van der Waals surface area contributed by atoms with Gasteiger partial charge in [0, 0.05) is 6.21 Å². The Bertz CT molecular complexity index is 933. The van der Waals surface area contributed by atoms with Crippen LogP contribution in [0, 0.1) is 11.6 Å². The highest BCUT2D eigenvalue weighted by atomic mass is 19.1. The highest BCUT2D eigenvalue weighted by Gasteiger charge is 2.32. The summed E-state index contributed by atoms with van der Waals surface area (Å²) >= 11 is 0. The normalized spacial score (nSPS) is 26.2. The van der Waals surface area contributed by atoms with E-state index in [9.17, 15) is 13.6 Å². The summed E-state index contributed by atoms with van der Waals surface area (Å²) in [4.78, 5) is 21.5. The molecule has 1 saturated heterocycles. The molecule has 3 atom stereocenters. The van der Waals surface area contributed by atoms with E-state index < -0.39 is 35.7 Å². The number of nitrogens with two attached hydrogens (primary N) is 1. The van der Waals surface area contributed by atoms with Crippen molar-refractivity contribution < 1.29 is 18.3 Å². The fraction of sp³-hybridized carbons (Fsp3) is 0.409. The van der Waals surface area contributed by atoms with Gasteiger partial charge in [0.25, 0.3) is 0 Å². The molecule has 0 radical (unpaired) electrons. The van der Waals surface area contributed by atoms with Crippen LogP contribution in [0.1, 0.15) is 18.4 Å². The molecule has 4 rings (SSSR count). The molecule has 3 aliphatic heterocycles. The van der Waals surface area contributed by atoms with E-state index in [2.05, 4.69) is 20.6 Å². The average molecular weight is 429 g/mol. The number of dihydropyridines is 2. The van der Waals surface area contributed by atoms with Crippen LogP contribution in [0.5, 0.6) is 0 Å². The zero-order valence-corrected chi connectivity index (χ0v) is 16.9. The van der Waals surface area contributed by atoms with Gasteiger partial charge in [-0.3, -0.25) is 14.8 Å². The molecule has 9 heteroatoms. The molecule has 4 N–H and O–H groups in total. The van der Waals surface area contributed by atoms with Gasteiger partial charge in [-0.05, 0) is 50.2 Å². The Morgan fingerprint density at radius 1 is 1.23 bits per heavy atom. The summed E-state index contributed by atoms with van der Waals surface area (Å²) in [5.74, 6) is -1.31. The van der Waals surface area contributed by atoms with Crippen molar-refractivity contribution >= 4 is 17.8 Å². The second kappa shape index (κ2) is 9.49. The van der Waals surface area contributed by atoms with E-state index in [0.717, 1.165) is 38.1 Å². The SMILES string of the molecule is NC1C=CC(c2c(F)cccc2F)=NC1C(=O)NC1CN=CC=C1OC1CCNCC1. The smallest absolute Gasteiger partial charge is 0.247 e. The van der Waals surface area contributed by atoms with Crippen LogP contribution in [0.15, 0.2) is 52.2 Å². The summed E-state index contributed by atoms with van der Waals surface area (Å²) in [6.07, 6.45) is 8.22. The number of hydrogen-bond donors (Lipinski definition) is 3. The van der Waals surface area contributed by atoms with Crippen molar-refractivity contribution in [2.24, 2.45) is 15.7 Å². The lowest BCUT2D eigenvalue weighted by Gasteiger charge is -2.30. The Kier molecular flexibility index (Phi) is 6.53. The van der Waals surface area contributed by atoms with Crippen molar-refractivity contribution in [3.63, 3.8) is 0 Å². The predicted molar refractivity (Wildman–Crippen MR) is 114 cm³/mol. The minimum Gasteiger partial charge on any atom is -0.492 e. The number of halogens is 2. The minimum absolute atomic E-state index is 0.0424. The van der Waals surface area contributed by atoms with Gasteiger partial charge < -0.3 is 21.1 Å². The third-order valence-electron chi connectivity index (χ3n) is 5.49. The van der Waals surface area contributed by atoms with Gasteiger partial charge in [0.2, 0.25) is 5.91 Å². The second-order valence-corrected chi connectivity index (χ2v) is 7.70. The van der Waals surface area contributed by atoms with E-state index in [1.54, 1.807) is 12.3 Å². The Labute approximate surface area is 179 Å². The van der Waals surface area contributed by atoms with Crippen LogP contribution in [0.25, 0.3) is 0 Å². The number of carbonyl (C=O) groups excluding carboxylic acids is 1. The quantitative estimate of drug-likeness (QED) is 0.656. The van der Waals surface area contributed by atoms with Crippen LogP contribution in [-0.4, -0.2) is 61.7 Å². The van der Waals surface area contributed by atoms with Gasteiger partial charge in [0.05, 0.1) is 23.9 Å². The predicted octanol–water partition coefficient (Wildman–Crippen LogP) is 1.24. The molecule has 3 aliphatic rings. The van der Waals surface area contributed by atoms with Gasteiger partial charge in [-0.15, -0.1) is 0 Å². The standard InChI is InChI=1S/C22H25F2N5O2/c23-14-2-1-3-15(24)20(14)17-5-4-16(25)21(28-17)22(30)29-18-12-27-11-8-19(18)31-13-6-9-26-10-7-13/h1-5,8,11,13,16,18,21,26H,6-7,9-10,12,25H2,(H,29,30). The van der Waals surface area contributed by atoms with Gasteiger partial charge in [0.1, 0.15) is 35.6 Å². The highest BCUT2D eigenvalue weighted by Crippen LogP contribution is 2.20. The first kappa shape index (κ1) is 21.3.